The predicted molar refractivity (Wildman–Crippen MR) is 111 cm³/mol. The van der Waals surface area contributed by atoms with Crippen LogP contribution in [0.15, 0.2) is 18.2 Å². The van der Waals surface area contributed by atoms with Crippen LogP contribution < -0.4 is 11.1 Å². The van der Waals surface area contributed by atoms with Crippen molar-refractivity contribution in [2.45, 2.75) is 58.9 Å². The predicted octanol–water partition coefficient (Wildman–Crippen LogP) is 4.41. The number of nitrogens with two attached hydrogens (primary N) is 1. The third-order valence-corrected chi connectivity index (χ3v) is 4.99. The van der Waals surface area contributed by atoms with Crippen molar-refractivity contribution in [3.05, 3.63) is 29.6 Å². The monoisotopic (exact) mass is 353 g/mol. The lowest BCUT2D eigenvalue weighted by atomic mass is 10.1. The Morgan fingerprint density at radius 1 is 1.12 bits per heavy atom. The van der Waals surface area contributed by atoms with E-state index >= 15 is 0 Å². The van der Waals surface area contributed by atoms with Crippen LogP contribution in [-0.2, 0) is 13.0 Å². The zero-order valence-corrected chi connectivity index (χ0v) is 16.3. The molecule has 2 aromatic heterocycles. The summed E-state index contributed by atoms with van der Waals surface area (Å²) in [6.45, 7) is 6.10. The number of rotatable bonds is 9. The SMILES string of the molecule is CCCCc1nc2c(NC)nc3cc(C)ccc3c2n1CCCCCN. The molecule has 0 aliphatic rings. The van der Waals surface area contributed by atoms with Crippen molar-refractivity contribution in [1.82, 2.24) is 14.5 Å². The molecular formula is C21H31N5. The van der Waals surface area contributed by atoms with Crippen molar-refractivity contribution in [2.75, 3.05) is 18.9 Å². The second-order valence-electron chi connectivity index (χ2n) is 7.06. The molecule has 5 nitrogen and oxygen atoms in total. The van der Waals surface area contributed by atoms with E-state index in [1.54, 1.807) is 0 Å². The lowest BCUT2D eigenvalue weighted by Crippen LogP contribution is -2.06. The van der Waals surface area contributed by atoms with Gasteiger partial charge >= 0.3 is 0 Å². The molecule has 26 heavy (non-hydrogen) atoms. The number of aromatic nitrogens is 3. The Hall–Kier alpha value is -2.14. The molecule has 0 unspecified atom stereocenters. The molecule has 3 N–H and O–H groups in total. The van der Waals surface area contributed by atoms with Crippen LogP contribution in [0, 0.1) is 6.92 Å². The van der Waals surface area contributed by atoms with Gasteiger partial charge in [-0.3, -0.25) is 0 Å². The van der Waals surface area contributed by atoms with Gasteiger partial charge in [0.25, 0.3) is 0 Å². The van der Waals surface area contributed by atoms with Gasteiger partial charge in [0.15, 0.2) is 5.82 Å². The minimum atomic E-state index is 0.767. The van der Waals surface area contributed by atoms with Crippen LogP contribution in [0.5, 0.6) is 0 Å². The summed E-state index contributed by atoms with van der Waals surface area (Å²) in [7, 11) is 1.93. The lowest BCUT2D eigenvalue weighted by molar-refractivity contribution is 0.576. The highest BCUT2D eigenvalue weighted by molar-refractivity contribution is 6.07. The number of imidazole rings is 1. The molecular weight excluding hydrogens is 322 g/mol. The normalized spacial score (nSPS) is 11.5. The van der Waals surface area contributed by atoms with Crippen molar-refractivity contribution in [2.24, 2.45) is 5.73 Å². The molecule has 0 radical (unpaired) electrons. The Morgan fingerprint density at radius 3 is 2.69 bits per heavy atom. The molecule has 0 saturated heterocycles. The maximum atomic E-state index is 5.66. The fraction of sp³-hybridized carbons (Fsp3) is 0.524. The van der Waals surface area contributed by atoms with Gasteiger partial charge in [-0.15, -0.1) is 0 Å². The molecule has 5 heteroatoms. The summed E-state index contributed by atoms with van der Waals surface area (Å²) < 4.78 is 2.43. The van der Waals surface area contributed by atoms with Crippen LogP contribution >= 0.6 is 0 Å². The number of hydrogen-bond donors (Lipinski definition) is 2. The summed E-state index contributed by atoms with van der Waals surface area (Å²) in [5.74, 6) is 2.05. The summed E-state index contributed by atoms with van der Waals surface area (Å²) in [4.78, 5) is 9.83. The van der Waals surface area contributed by atoms with Crippen LogP contribution in [-0.4, -0.2) is 28.1 Å². The van der Waals surface area contributed by atoms with E-state index in [-0.39, 0.29) is 0 Å². The van der Waals surface area contributed by atoms with Gasteiger partial charge in [0.1, 0.15) is 11.3 Å². The molecule has 0 amide bonds. The van der Waals surface area contributed by atoms with Crippen LogP contribution in [0.1, 0.15) is 50.4 Å². The molecule has 3 aromatic rings. The number of unbranched alkanes of at least 4 members (excludes halogenated alkanes) is 3. The molecule has 0 fully saturated rings. The zero-order valence-electron chi connectivity index (χ0n) is 16.3. The molecule has 0 saturated carbocycles. The van der Waals surface area contributed by atoms with E-state index < -0.39 is 0 Å². The van der Waals surface area contributed by atoms with Gasteiger partial charge in [0, 0.05) is 25.4 Å². The number of anilines is 1. The molecule has 2 heterocycles. The van der Waals surface area contributed by atoms with Gasteiger partial charge in [-0.25, -0.2) is 9.97 Å². The third-order valence-electron chi connectivity index (χ3n) is 4.99. The van der Waals surface area contributed by atoms with Crippen LogP contribution in [0.2, 0.25) is 0 Å². The maximum Gasteiger partial charge on any atom is 0.154 e. The number of aryl methyl sites for hydroxylation is 3. The molecule has 0 bridgehead atoms. The molecule has 0 atom stereocenters. The van der Waals surface area contributed by atoms with Crippen molar-refractivity contribution >= 4 is 27.8 Å². The number of nitrogens with zero attached hydrogens (tertiary/aromatic N) is 3. The first-order chi connectivity index (χ1) is 12.7. The van der Waals surface area contributed by atoms with Gasteiger partial charge in [-0.2, -0.15) is 0 Å². The quantitative estimate of drug-likeness (QED) is 0.559. The molecule has 3 rings (SSSR count). The molecule has 140 valence electrons. The highest BCUT2D eigenvalue weighted by Crippen LogP contribution is 2.31. The van der Waals surface area contributed by atoms with Crippen molar-refractivity contribution in [3.8, 4) is 0 Å². The van der Waals surface area contributed by atoms with E-state index in [4.69, 9.17) is 15.7 Å². The largest absolute Gasteiger partial charge is 0.371 e. The van der Waals surface area contributed by atoms with Crippen molar-refractivity contribution in [3.63, 3.8) is 0 Å². The average molecular weight is 354 g/mol. The number of pyridine rings is 1. The summed E-state index contributed by atoms with van der Waals surface area (Å²) in [5, 5.41) is 4.44. The molecule has 0 spiro atoms. The maximum absolute atomic E-state index is 5.66. The van der Waals surface area contributed by atoms with Gasteiger partial charge in [-0.1, -0.05) is 31.9 Å². The van der Waals surface area contributed by atoms with Gasteiger partial charge in [-0.05, 0) is 44.4 Å². The fourth-order valence-corrected chi connectivity index (χ4v) is 3.58. The summed E-state index contributed by atoms with van der Waals surface area (Å²) in [6.07, 6.45) is 6.72. The second kappa shape index (κ2) is 8.49. The van der Waals surface area contributed by atoms with Gasteiger partial charge < -0.3 is 15.6 Å². The summed E-state index contributed by atoms with van der Waals surface area (Å²) in [6, 6.07) is 6.52. The van der Waals surface area contributed by atoms with Crippen molar-refractivity contribution < 1.29 is 0 Å². The van der Waals surface area contributed by atoms with E-state index in [1.165, 1.54) is 28.7 Å². The van der Waals surface area contributed by atoms with E-state index in [9.17, 15) is 0 Å². The van der Waals surface area contributed by atoms with Crippen LogP contribution in [0.25, 0.3) is 21.9 Å². The smallest absolute Gasteiger partial charge is 0.154 e. The van der Waals surface area contributed by atoms with Crippen molar-refractivity contribution in [1.29, 1.82) is 0 Å². The number of nitrogens with one attached hydrogen (secondary N) is 1. The fourth-order valence-electron chi connectivity index (χ4n) is 3.58. The highest BCUT2D eigenvalue weighted by atomic mass is 15.1. The topological polar surface area (TPSA) is 68.8 Å². The zero-order chi connectivity index (χ0) is 18.5. The van der Waals surface area contributed by atoms with E-state index in [0.717, 1.165) is 62.0 Å². The third kappa shape index (κ3) is 3.68. The van der Waals surface area contributed by atoms with Crippen LogP contribution in [0.3, 0.4) is 0 Å². The highest BCUT2D eigenvalue weighted by Gasteiger charge is 2.17. The van der Waals surface area contributed by atoms with Gasteiger partial charge in [0.2, 0.25) is 0 Å². The Balaban J connectivity index is 2.17. The molecule has 0 aliphatic carbocycles. The van der Waals surface area contributed by atoms with Crippen LogP contribution in [0.4, 0.5) is 5.82 Å². The molecule has 1 aromatic carbocycles. The molecule has 0 aliphatic heterocycles. The van der Waals surface area contributed by atoms with E-state index in [0.29, 0.717) is 0 Å². The average Bonchev–Trinajstić information content (AvgIpc) is 3.01. The first kappa shape index (κ1) is 18.6. The Kier molecular flexibility index (Phi) is 6.09. The first-order valence-electron chi connectivity index (χ1n) is 9.86. The minimum absolute atomic E-state index is 0.767. The lowest BCUT2D eigenvalue weighted by Gasteiger charge is -2.11. The second-order valence-corrected chi connectivity index (χ2v) is 7.06. The minimum Gasteiger partial charge on any atom is -0.371 e. The Bertz CT molecular complexity index is 881. The number of hydrogen-bond acceptors (Lipinski definition) is 4. The Morgan fingerprint density at radius 2 is 1.96 bits per heavy atom. The summed E-state index contributed by atoms with van der Waals surface area (Å²) >= 11 is 0. The van der Waals surface area contributed by atoms with E-state index in [2.05, 4.69) is 41.9 Å². The summed E-state index contributed by atoms with van der Waals surface area (Å²) in [5.41, 5.74) is 10.1. The number of benzene rings is 1. The Labute approximate surface area is 156 Å². The first-order valence-corrected chi connectivity index (χ1v) is 9.86. The standard InChI is InChI=1S/C21H31N5/c1-4-5-9-18-25-19-20(26(18)13-8-6-7-12-22)16-11-10-15(2)14-17(16)24-21(19)23-3/h10-11,14H,4-9,12-13,22H2,1-3H3,(H,23,24). The van der Waals surface area contributed by atoms with Gasteiger partial charge in [0.05, 0.1) is 11.0 Å². The number of fused-ring (bicyclic) bond motifs is 3. The van der Waals surface area contributed by atoms with E-state index in [1.807, 2.05) is 7.05 Å².